The molecule has 0 spiro atoms. The van der Waals surface area contributed by atoms with E-state index in [1.807, 2.05) is 21.1 Å². The first-order chi connectivity index (χ1) is 29.6. The third-order valence-electron chi connectivity index (χ3n) is 10.6. The normalized spacial score (nSPS) is 13.3. The van der Waals surface area contributed by atoms with Crippen molar-refractivity contribution in [1.82, 2.24) is 0 Å². The standard InChI is InChI=1S/C52H93NO8/c1-6-8-10-12-14-16-18-20-22-24-25-27-29-31-33-35-37-39-41-43-50(55)61-48(47-60-52(51(56)57)58-45-44-53(3,4)5)46-59-49(54)42-40-38-36-34-32-30-28-26-23-21-19-17-15-13-11-9-7-2/h14-17,20-23,48,52H,6-13,18-19,24-47H2,1-5H3/p+1/b16-14-,17-15-,22-20-,23-21-. The number of carbonyl (C=O) groups excluding carboxylic acids is 2. The minimum atomic E-state index is -1.51. The highest BCUT2D eigenvalue weighted by atomic mass is 16.7. The monoisotopic (exact) mass is 861 g/mol. The summed E-state index contributed by atoms with van der Waals surface area (Å²) in [6.07, 6.45) is 48.7. The SMILES string of the molecule is CCCCC/C=C\C/C=C\CCCCCCCCCCCC(=O)OC(COC(=O)CCCCCCCCC/C=C\C/C=C\CCCCC)COC(OCC[N+](C)(C)C)C(=O)O. The van der Waals surface area contributed by atoms with Crippen molar-refractivity contribution in [3.63, 3.8) is 0 Å². The van der Waals surface area contributed by atoms with Gasteiger partial charge in [0.25, 0.3) is 6.29 Å². The molecular formula is C52H94NO8+. The van der Waals surface area contributed by atoms with E-state index in [1.165, 1.54) is 103 Å². The fourth-order valence-corrected chi connectivity index (χ4v) is 6.66. The number of hydrogen-bond acceptors (Lipinski definition) is 7. The van der Waals surface area contributed by atoms with Gasteiger partial charge in [-0.2, -0.15) is 0 Å². The van der Waals surface area contributed by atoms with Gasteiger partial charge in [-0.25, -0.2) is 4.79 Å². The zero-order valence-corrected chi connectivity index (χ0v) is 40.1. The molecule has 1 N–H and O–H groups in total. The minimum absolute atomic E-state index is 0.184. The van der Waals surface area contributed by atoms with Crippen molar-refractivity contribution in [3.05, 3.63) is 48.6 Å². The van der Waals surface area contributed by atoms with Gasteiger partial charge in [0.05, 0.1) is 34.4 Å². The summed E-state index contributed by atoms with van der Waals surface area (Å²) in [7, 11) is 5.95. The number of nitrogens with zero attached hydrogens (tertiary/aromatic N) is 1. The molecule has 0 saturated carbocycles. The van der Waals surface area contributed by atoms with Gasteiger partial charge in [-0.3, -0.25) is 9.59 Å². The van der Waals surface area contributed by atoms with E-state index in [-0.39, 0.29) is 32.2 Å². The third kappa shape index (κ3) is 45.1. The van der Waals surface area contributed by atoms with E-state index >= 15 is 0 Å². The summed E-state index contributed by atoms with van der Waals surface area (Å²) >= 11 is 0. The number of aliphatic carboxylic acids is 1. The van der Waals surface area contributed by atoms with Gasteiger partial charge in [0.15, 0.2) is 6.10 Å². The number of unbranched alkanes of at least 4 members (excludes halogenated alkanes) is 22. The number of carbonyl (C=O) groups is 3. The first-order valence-corrected chi connectivity index (χ1v) is 24.8. The lowest BCUT2D eigenvalue weighted by molar-refractivity contribution is -0.870. The molecule has 9 nitrogen and oxygen atoms in total. The summed E-state index contributed by atoms with van der Waals surface area (Å²) in [5, 5.41) is 9.66. The average molecular weight is 861 g/mol. The first kappa shape index (κ1) is 58.2. The van der Waals surface area contributed by atoms with Gasteiger partial charge in [0.2, 0.25) is 0 Å². The summed E-state index contributed by atoms with van der Waals surface area (Å²) in [5.41, 5.74) is 0. The Balaban J connectivity index is 4.39. The molecule has 0 bridgehead atoms. The molecule has 0 aliphatic carbocycles. The summed E-state index contributed by atoms with van der Waals surface area (Å²) in [6.45, 7) is 4.81. The first-order valence-electron chi connectivity index (χ1n) is 24.8. The van der Waals surface area contributed by atoms with Crippen LogP contribution in [0.2, 0.25) is 0 Å². The van der Waals surface area contributed by atoms with Gasteiger partial charge < -0.3 is 28.5 Å². The van der Waals surface area contributed by atoms with Gasteiger partial charge in [-0.15, -0.1) is 0 Å². The maximum Gasteiger partial charge on any atom is 0.361 e. The summed E-state index contributed by atoms with van der Waals surface area (Å²) in [4.78, 5) is 37.2. The van der Waals surface area contributed by atoms with Crippen LogP contribution in [0.4, 0.5) is 0 Å². The average Bonchev–Trinajstić information content (AvgIpc) is 3.22. The van der Waals surface area contributed by atoms with E-state index < -0.39 is 24.3 Å². The van der Waals surface area contributed by atoms with Crippen LogP contribution in [0.3, 0.4) is 0 Å². The van der Waals surface area contributed by atoms with Crippen molar-refractivity contribution < 1.29 is 42.9 Å². The fraction of sp³-hybridized carbons (Fsp3) is 0.788. The Hall–Kier alpha value is -2.75. The zero-order valence-electron chi connectivity index (χ0n) is 40.1. The van der Waals surface area contributed by atoms with E-state index in [2.05, 4.69) is 62.5 Å². The van der Waals surface area contributed by atoms with Crippen molar-refractivity contribution in [2.45, 2.75) is 219 Å². The predicted octanol–water partition coefficient (Wildman–Crippen LogP) is 13.6. The number of esters is 2. The molecule has 2 atom stereocenters. The second-order valence-corrected chi connectivity index (χ2v) is 17.8. The summed E-state index contributed by atoms with van der Waals surface area (Å²) in [5.74, 6) is -2.02. The number of carboxylic acid groups (broad SMARTS) is 1. The van der Waals surface area contributed by atoms with E-state index in [0.717, 1.165) is 70.6 Å². The van der Waals surface area contributed by atoms with Crippen LogP contribution in [-0.2, 0) is 33.3 Å². The highest BCUT2D eigenvalue weighted by Gasteiger charge is 2.25. The topological polar surface area (TPSA) is 108 Å². The highest BCUT2D eigenvalue weighted by molar-refractivity contribution is 5.71. The van der Waals surface area contributed by atoms with Crippen LogP contribution in [0.25, 0.3) is 0 Å². The molecule has 0 aliphatic heterocycles. The van der Waals surface area contributed by atoms with Crippen molar-refractivity contribution in [1.29, 1.82) is 0 Å². The number of carboxylic acids is 1. The lowest BCUT2D eigenvalue weighted by Crippen LogP contribution is -2.40. The quantitative estimate of drug-likeness (QED) is 0.0212. The molecule has 0 radical (unpaired) electrons. The molecular weight excluding hydrogens is 767 g/mol. The van der Waals surface area contributed by atoms with Crippen LogP contribution < -0.4 is 0 Å². The third-order valence-corrected chi connectivity index (χ3v) is 10.6. The van der Waals surface area contributed by atoms with E-state index in [0.29, 0.717) is 23.9 Å². The molecule has 0 rings (SSSR count). The van der Waals surface area contributed by atoms with Gasteiger partial charge in [-0.1, -0.05) is 165 Å². The van der Waals surface area contributed by atoms with Crippen LogP contribution in [0.15, 0.2) is 48.6 Å². The Labute approximate surface area is 374 Å². The van der Waals surface area contributed by atoms with Gasteiger partial charge >= 0.3 is 17.9 Å². The number of allylic oxidation sites excluding steroid dienone is 8. The van der Waals surface area contributed by atoms with Gasteiger partial charge in [-0.05, 0) is 77.0 Å². The number of quaternary nitrogens is 1. The molecule has 61 heavy (non-hydrogen) atoms. The van der Waals surface area contributed by atoms with Crippen LogP contribution in [0.1, 0.15) is 206 Å². The molecule has 354 valence electrons. The molecule has 9 heteroatoms. The number of ether oxygens (including phenoxy) is 4. The minimum Gasteiger partial charge on any atom is -0.477 e. The molecule has 0 saturated heterocycles. The summed E-state index contributed by atoms with van der Waals surface area (Å²) < 4.78 is 22.8. The Morgan fingerprint density at radius 3 is 1.30 bits per heavy atom. The molecule has 0 amide bonds. The Kier molecular flexibility index (Phi) is 41.9. The molecule has 2 unspecified atom stereocenters. The van der Waals surface area contributed by atoms with Crippen LogP contribution >= 0.6 is 0 Å². The largest absolute Gasteiger partial charge is 0.477 e. The molecule has 0 aliphatic rings. The molecule has 0 aromatic rings. The molecule has 0 heterocycles. The highest BCUT2D eigenvalue weighted by Crippen LogP contribution is 2.14. The Morgan fingerprint density at radius 1 is 0.492 bits per heavy atom. The number of hydrogen-bond donors (Lipinski definition) is 1. The van der Waals surface area contributed by atoms with Crippen LogP contribution in [0, 0.1) is 0 Å². The smallest absolute Gasteiger partial charge is 0.361 e. The lowest BCUT2D eigenvalue weighted by atomic mass is 10.1. The second-order valence-electron chi connectivity index (χ2n) is 17.8. The summed E-state index contributed by atoms with van der Waals surface area (Å²) in [6, 6.07) is 0. The number of rotatable bonds is 45. The Morgan fingerprint density at radius 2 is 0.885 bits per heavy atom. The van der Waals surface area contributed by atoms with E-state index in [9.17, 15) is 19.5 Å². The van der Waals surface area contributed by atoms with E-state index in [4.69, 9.17) is 18.9 Å². The zero-order chi connectivity index (χ0) is 44.9. The van der Waals surface area contributed by atoms with Crippen molar-refractivity contribution in [2.24, 2.45) is 0 Å². The van der Waals surface area contributed by atoms with Gasteiger partial charge in [0, 0.05) is 12.8 Å². The second kappa shape index (κ2) is 43.9. The van der Waals surface area contributed by atoms with Gasteiger partial charge in [0.1, 0.15) is 13.2 Å². The maximum absolute atomic E-state index is 12.8. The van der Waals surface area contributed by atoms with Crippen LogP contribution in [-0.4, -0.2) is 87.4 Å². The van der Waals surface area contributed by atoms with Crippen LogP contribution in [0.5, 0.6) is 0 Å². The maximum atomic E-state index is 12.8. The Bertz CT molecular complexity index is 1140. The molecule has 0 aromatic carbocycles. The lowest BCUT2D eigenvalue weighted by Gasteiger charge is -2.25. The fourth-order valence-electron chi connectivity index (χ4n) is 6.66. The van der Waals surface area contributed by atoms with E-state index in [1.54, 1.807) is 0 Å². The predicted molar refractivity (Wildman–Crippen MR) is 253 cm³/mol. The molecule has 0 aromatic heterocycles. The molecule has 0 fully saturated rings. The number of likely N-dealkylation sites (N-methyl/N-ethyl adjacent to an activating group) is 1. The van der Waals surface area contributed by atoms with Crippen molar-refractivity contribution in [2.75, 3.05) is 47.5 Å². The van der Waals surface area contributed by atoms with Crippen molar-refractivity contribution >= 4 is 17.9 Å². The van der Waals surface area contributed by atoms with Crippen molar-refractivity contribution in [3.8, 4) is 0 Å².